The molecule has 2 aliphatic heterocycles. The van der Waals surface area contributed by atoms with Gasteiger partial charge in [0.1, 0.15) is 5.82 Å². The molecule has 6 heteroatoms. The highest BCUT2D eigenvalue weighted by Gasteiger charge is 2.21. The molecule has 0 unspecified atom stereocenters. The van der Waals surface area contributed by atoms with E-state index in [4.69, 9.17) is 21.1 Å². The molecule has 0 radical (unpaired) electrons. The van der Waals surface area contributed by atoms with Crippen LogP contribution in [0, 0.1) is 5.82 Å². The van der Waals surface area contributed by atoms with Gasteiger partial charge >= 0.3 is 0 Å². The quantitative estimate of drug-likeness (QED) is 0.828. The van der Waals surface area contributed by atoms with Gasteiger partial charge in [-0.1, -0.05) is 17.7 Å². The molecule has 4 nitrogen and oxygen atoms in total. The van der Waals surface area contributed by atoms with Crippen LogP contribution in [-0.4, -0.2) is 62.0 Å². The van der Waals surface area contributed by atoms with E-state index in [0.29, 0.717) is 30.3 Å². The maximum absolute atomic E-state index is 13.8. The van der Waals surface area contributed by atoms with Crippen LogP contribution in [0.5, 0.6) is 0 Å². The Morgan fingerprint density at radius 2 is 1.77 bits per heavy atom. The summed E-state index contributed by atoms with van der Waals surface area (Å²) >= 11 is 6.09. The summed E-state index contributed by atoms with van der Waals surface area (Å²) in [5.41, 5.74) is 0.602. The van der Waals surface area contributed by atoms with E-state index in [9.17, 15) is 4.39 Å². The largest absolute Gasteiger partial charge is 0.350 e. The summed E-state index contributed by atoms with van der Waals surface area (Å²) in [6.07, 6.45) is 0.884. The fraction of sp³-hybridized carbons (Fsp3) is 0.625. The smallest absolute Gasteiger partial charge is 0.159 e. The van der Waals surface area contributed by atoms with Gasteiger partial charge in [0.15, 0.2) is 6.29 Å². The monoisotopic (exact) mass is 328 g/mol. The van der Waals surface area contributed by atoms with Crippen molar-refractivity contribution in [2.75, 3.05) is 45.9 Å². The Labute approximate surface area is 135 Å². The zero-order valence-electron chi connectivity index (χ0n) is 12.6. The van der Waals surface area contributed by atoms with Crippen LogP contribution < -0.4 is 0 Å². The van der Waals surface area contributed by atoms with Gasteiger partial charge in [0, 0.05) is 56.3 Å². The fourth-order valence-corrected chi connectivity index (χ4v) is 3.16. The Bertz CT molecular complexity index is 469. The van der Waals surface area contributed by atoms with Crippen molar-refractivity contribution in [3.05, 3.63) is 34.6 Å². The van der Waals surface area contributed by atoms with Crippen molar-refractivity contribution in [3.63, 3.8) is 0 Å². The molecular weight excluding hydrogens is 307 g/mol. The number of nitrogens with zero attached hydrogens (tertiary/aromatic N) is 2. The first kappa shape index (κ1) is 16.1. The number of halogens is 2. The molecule has 0 aliphatic carbocycles. The number of ether oxygens (including phenoxy) is 2. The van der Waals surface area contributed by atoms with Crippen LogP contribution in [0.1, 0.15) is 12.0 Å². The molecule has 0 saturated carbocycles. The Morgan fingerprint density at radius 1 is 1.09 bits per heavy atom. The minimum absolute atomic E-state index is 0.0322. The molecule has 2 aliphatic rings. The molecular formula is C16H22ClFN2O2. The summed E-state index contributed by atoms with van der Waals surface area (Å²) in [5, 5.41) is 0.512. The normalized spacial score (nSPS) is 21.5. The standard InChI is InChI=1S/C16H22ClFN2O2/c17-14-2-1-3-15(18)13(14)12-20-8-6-19(7-9-20)5-4-16-21-10-11-22-16/h1-3,16H,4-12H2. The van der Waals surface area contributed by atoms with Crippen molar-refractivity contribution in [1.29, 1.82) is 0 Å². The molecule has 0 atom stereocenters. The van der Waals surface area contributed by atoms with Crippen LogP contribution in [-0.2, 0) is 16.0 Å². The molecule has 2 saturated heterocycles. The average molecular weight is 329 g/mol. The van der Waals surface area contributed by atoms with Gasteiger partial charge in [-0.2, -0.15) is 0 Å². The molecule has 22 heavy (non-hydrogen) atoms. The molecule has 1 aromatic rings. The molecule has 0 N–H and O–H groups in total. The van der Waals surface area contributed by atoms with Crippen molar-refractivity contribution in [3.8, 4) is 0 Å². The first-order valence-electron chi connectivity index (χ1n) is 7.83. The lowest BCUT2D eigenvalue weighted by molar-refractivity contribution is -0.0533. The lowest BCUT2D eigenvalue weighted by Gasteiger charge is -2.35. The van der Waals surface area contributed by atoms with E-state index in [1.807, 2.05) is 0 Å². The lowest BCUT2D eigenvalue weighted by atomic mass is 10.2. The van der Waals surface area contributed by atoms with Crippen molar-refractivity contribution in [2.45, 2.75) is 19.3 Å². The van der Waals surface area contributed by atoms with Crippen LogP contribution in [0.15, 0.2) is 18.2 Å². The maximum Gasteiger partial charge on any atom is 0.159 e. The van der Waals surface area contributed by atoms with Crippen LogP contribution in [0.4, 0.5) is 4.39 Å². The summed E-state index contributed by atoms with van der Waals surface area (Å²) in [5.74, 6) is -0.217. The van der Waals surface area contributed by atoms with Crippen molar-refractivity contribution in [1.82, 2.24) is 9.80 Å². The van der Waals surface area contributed by atoms with Gasteiger partial charge in [-0.05, 0) is 12.1 Å². The molecule has 0 aromatic heterocycles. The van der Waals surface area contributed by atoms with Gasteiger partial charge < -0.3 is 14.4 Å². The number of benzene rings is 1. The maximum atomic E-state index is 13.8. The van der Waals surface area contributed by atoms with E-state index < -0.39 is 0 Å². The summed E-state index contributed by atoms with van der Waals surface area (Å²) in [4.78, 5) is 4.66. The third-order valence-electron chi connectivity index (χ3n) is 4.28. The first-order chi connectivity index (χ1) is 10.7. The van der Waals surface area contributed by atoms with Crippen molar-refractivity contribution < 1.29 is 13.9 Å². The Balaban J connectivity index is 1.43. The van der Waals surface area contributed by atoms with Gasteiger partial charge in [0.25, 0.3) is 0 Å². The second kappa shape index (κ2) is 7.70. The van der Waals surface area contributed by atoms with E-state index in [2.05, 4.69) is 9.80 Å². The molecule has 3 rings (SSSR count). The molecule has 0 amide bonds. The van der Waals surface area contributed by atoms with Gasteiger partial charge in [-0.15, -0.1) is 0 Å². The van der Waals surface area contributed by atoms with E-state index >= 15 is 0 Å². The Morgan fingerprint density at radius 3 is 2.45 bits per heavy atom. The second-order valence-corrected chi connectivity index (χ2v) is 6.19. The topological polar surface area (TPSA) is 24.9 Å². The minimum atomic E-state index is -0.217. The number of hydrogen-bond donors (Lipinski definition) is 0. The molecule has 1 aromatic carbocycles. The van der Waals surface area contributed by atoms with Gasteiger partial charge in [0.2, 0.25) is 0 Å². The van der Waals surface area contributed by atoms with Crippen LogP contribution in [0.2, 0.25) is 5.02 Å². The fourth-order valence-electron chi connectivity index (χ4n) is 2.94. The Kier molecular flexibility index (Phi) is 5.66. The highest BCUT2D eigenvalue weighted by atomic mass is 35.5. The zero-order chi connectivity index (χ0) is 15.4. The summed E-state index contributed by atoms with van der Waals surface area (Å²) in [7, 11) is 0. The van der Waals surface area contributed by atoms with Crippen molar-refractivity contribution in [2.24, 2.45) is 0 Å². The average Bonchev–Trinajstić information content (AvgIpc) is 3.04. The van der Waals surface area contributed by atoms with E-state index in [1.54, 1.807) is 12.1 Å². The van der Waals surface area contributed by atoms with Crippen LogP contribution in [0.25, 0.3) is 0 Å². The third-order valence-corrected chi connectivity index (χ3v) is 4.63. The highest BCUT2D eigenvalue weighted by Crippen LogP contribution is 2.21. The Hall–Kier alpha value is -0.720. The zero-order valence-corrected chi connectivity index (χ0v) is 13.4. The van der Waals surface area contributed by atoms with Gasteiger partial charge in [-0.3, -0.25) is 4.90 Å². The predicted octanol–water partition coefficient (Wildman–Crippen LogP) is 2.36. The predicted molar refractivity (Wildman–Crippen MR) is 83.4 cm³/mol. The summed E-state index contributed by atoms with van der Waals surface area (Å²) < 4.78 is 24.7. The first-order valence-corrected chi connectivity index (χ1v) is 8.21. The minimum Gasteiger partial charge on any atom is -0.350 e. The van der Waals surface area contributed by atoms with E-state index in [-0.39, 0.29) is 12.1 Å². The number of hydrogen-bond acceptors (Lipinski definition) is 4. The third kappa shape index (κ3) is 4.18. The molecule has 0 spiro atoms. The van der Waals surface area contributed by atoms with E-state index in [0.717, 1.165) is 39.1 Å². The van der Waals surface area contributed by atoms with Crippen LogP contribution in [0.3, 0.4) is 0 Å². The summed E-state index contributed by atoms with van der Waals surface area (Å²) in [6, 6.07) is 4.86. The van der Waals surface area contributed by atoms with Crippen molar-refractivity contribution >= 4 is 11.6 Å². The molecule has 2 fully saturated rings. The molecule has 2 heterocycles. The number of rotatable bonds is 5. The van der Waals surface area contributed by atoms with E-state index in [1.165, 1.54) is 6.07 Å². The van der Waals surface area contributed by atoms with Crippen LogP contribution >= 0.6 is 11.6 Å². The second-order valence-electron chi connectivity index (χ2n) is 5.78. The highest BCUT2D eigenvalue weighted by molar-refractivity contribution is 6.31. The number of piperazine rings is 1. The van der Waals surface area contributed by atoms with Gasteiger partial charge in [-0.25, -0.2) is 4.39 Å². The summed E-state index contributed by atoms with van der Waals surface area (Å²) in [6.45, 7) is 6.81. The lowest BCUT2D eigenvalue weighted by Crippen LogP contribution is -2.46. The van der Waals surface area contributed by atoms with Gasteiger partial charge in [0.05, 0.1) is 13.2 Å². The SMILES string of the molecule is Fc1cccc(Cl)c1CN1CCN(CCC2OCCO2)CC1. The molecule has 0 bridgehead atoms. The molecule has 122 valence electrons.